The normalized spacial score (nSPS) is 13.1. The number of hydrogen-bond acceptors (Lipinski definition) is 4. The number of carbonyl (C=O) groups is 1. The Balaban J connectivity index is 1.98. The molecule has 1 heterocycles. The largest absolute Gasteiger partial charge is 0.391 e. The van der Waals surface area contributed by atoms with Gasteiger partial charge >= 0.3 is 0 Å². The number of anilines is 1. The van der Waals surface area contributed by atoms with Crippen molar-refractivity contribution in [2.24, 2.45) is 5.92 Å². The predicted molar refractivity (Wildman–Crippen MR) is 95.8 cm³/mol. The second-order valence-corrected chi connectivity index (χ2v) is 5.92. The maximum Gasteiger partial charge on any atom is 0.253 e. The number of aliphatic hydroxyl groups excluding tert-OH is 1. The van der Waals surface area contributed by atoms with Gasteiger partial charge in [0.15, 0.2) is 0 Å². The molecule has 5 nitrogen and oxygen atoms in total. The minimum Gasteiger partial charge on any atom is -0.391 e. The number of rotatable bonds is 8. The highest BCUT2D eigenvalue weighted by atomic mass is 16.3. The fourth-order valence-corrected chi connectivity index (χ4v) is 2.30. The number of nitrogens with zero attached hydrogens (tertiary/aromatic N) is 1. The number of aromatic nitrogens is 1. The van der Waals surface area contributed by atoms with Crippen molar-refractivity contribution in [1.29, 1.82) is 0 Å². The Kier molecular flexibility index (Phi) is 6.75. The van der Waals surface area contributed by atoms with Crippen molar-refractivity contribution < 1.29 is 9.90 Å². The first-order valence-corrected chi connectivity index (χ1v) is 8.30. The molecule has 0 aliphatic rings. The van der Waals surface area contributed by atoms with Gasteiger partial charge in [0.25, 0.3) is 5.91 Å². The quantitative estimate of drug-likeness (QED) is 0.697. The van der Waals surface area contributed by atoms with Gasteiger partial charge in [0.1, 0.15) is 0 Å². The van der Waals surface area contributed by atoms with Crippen LogP contribution in [0, 0.1) is 5.92 Å². The van der Waals surface area contributed by atoms with Crippen molar-refractivity contribution in [3.63, 3.8) is 0 Å². The molecule has 0 aliphatic carbocycles. The Labute approximate surface area is 143 Å². The smallest absolute Gasteiger partial charge is 0.253 e. The first kappa shape index (κ1) is 17.9. The summed E-state index contributed by atoms with van der Waals surface area (Å²) in [7, 11) is 0. The molecule has 0 aliphatic heterocycles. The van der Waals surface area contributed by atoms with E-state index < -0.39 is 6.10 Å². The standard InChI is InChI=1S/C19H25N3O2/c1-3-14(2)18(23)13-22-19(24)16-8-4-5-9-17(16)21-12-15-7-6-10-20-11-15/h4-11,14,18,21,23H,3,12-13H2,1-2H3,(H,22,24). The van der Waals surface area contributed by atoms with Crippen LogP contribution in [0.5, 0.6) is 0 Å². The second-order valence-electron chi connectivity index (χ2n) is 5.92. The van der Waals surface area contributed by atoms with Gasteiger partial charge in [0, 0.05) is 31.2 Å². The monoisotopic (exact) mass is 327 g/mol. The molecule has 0 fully saturated rings. The fraction of sp³-hybridized carbons (Fsp3) is 0.368. The summed E-state index contributed by atoms with van der Waals surface area (Å²) in [4.78, 5) is 16.5. The average molecular weight is 327 g/mol. The molecule has 0 spiro atoms. The van der Waals surface area contributed by atoms with Gasteiger partial charge in [-0.2, -0.15) is 0 Å². The van der Waals surface area contributed by atoms with E-state index in [1.165, 1.54) is 0 Å². The predicted octanol–water partition coefficient (Wildman–Crippen LogP) is 2.83. The van der Waals surface area contributed by atoms with Crippen molar-refractivity contribution in [3.05, 3.63) is 59.9 Å². The van der Waals surface area contributed by atoms with E-state index in [4.69, 9.17) is 0 Å². The van der Waals surface area contributed by atoms with E-state index in [1.807, 2.05) is 44.2 Å². The Morgan fingerprint density at radius 2 is 2.04 bits per heavy atom. The molecule has 0 bridgehead atoms. The summed E-state index contributed by atoms with van der Waals surface area (Å²) in [6, 6.07) is 11.2. The molecule has 2 atom stereocenters. The minimum absolute atomic E-state index is 0.157. The number of carbonyl (C=O) groups excluding carboxylic acids is 1. The van der Waals surface area contributed by atoms with Gasteiger partial charge in [-0.3, -0.25) is 9.78 Å². The summed E-state index contributed by atoms with van der Waals surface area (Å²) < 4.78 is 0. The van der Waals surface area contributed by atoms with Crippen LogP contribution < -0.4 is 10.6 Å². The van der Waals surface area contributed by atoms with Crippen LogP contribution in [0.15, 0.2) is 48.8 Å². The summed E-state index contributed by atoms with van der Waals surface area (Å²) in [6.45, 7) is 4.84. The van der Waals surface area contributed by atoms with E-state index in [9.17, 15) is 9.90 Å². The Hall–Kier alpha value is -2.40. The highest BCUT2D eigenvalue weighted by Gasteiger charge is 2.15. The molecule has 3 N–H and O–H groups in total. The van der Waals surface area contributed by atoms with E-state index in [1.54, 1.807) is 18.5 Å². The summed E-state index contributed by atoms with van der Waals surface area (Å²) in [5, 5.41) is 16.1. The maximum absolute atomic E-state index is 12.4. The lowest BCUT2D eigenvalue weighted by molar-refractivity contribution is 0.0851. The van der Waals surface area contributed by atoms with Crippen LogP contribution >= 0.6 is 0 Å². The summed E-state index contributed by atoms with van der Waals surface area (Å²) >= 11 is 0. The van der Waals surface area contributed by atoms with Crippen LogP contribution in [-0.2, 0) is 6.54 Å². The third kappa shape index (κ3) is 5.06. The van der Waals surface area contributed by atoms with Crippen molar-refractivity contribution >= 4 is 11.6 Å². The molecule has 2 aromatic rings. The molecule has 2 rings (SSSR count). The molecule has 128 valence electrons. The van der Waals surface area contributed by atoms with Crippen LogP contribution in [-0.4, -0.2) is 28.6 Å². The topological polar surface area (TPSA) is 74.2 Å². The number of hydrogen-bond donors (Lipinski definition) is 3. The lowest BCUT2D eigenvalue weighted by Crippen LogP contribution is -2.35. The minimum atomic E-state index is -0.533. The molecule has 0 saturated carbocycles. The molecular formula is C19H25N3O2. The second kappa shape index (κ2) is 9.03. The number of pyridine rings is 1. The Morgan fingerprint density at radius 3 is 2.75 bits per heavy atom. The maximum atomic E-state index is 12.4. The fourth-order valence-electron chi connectivity index (χ4n) is 2.30. The first-order chi connectivity index (χ1) is 11.6. The van der Waals surface area contributed by atoms with Crippen molar-refractivity contribution in [2.75, 3.05) is 11.9 Å². The van der Waals surface area contributed by atoms with E-state index in [0.29, 0.717) is 12.1 Å². The average Bonchev–Trinajstić information content (AvgIpc) is 2.64. The van der Waals surface area contributed by atoms with Crippen LogP contribution in [0.25, 0.3) is 0 Å². The van der Waals surface area contributed by atoms with Gasteiger partial charge in [-0.25, -0.2) is 0 Å². The van der Waals surface area contributed by atoms with Crippen molar-refractivity contribution in [3.8, 4) is 0 Å². The van der Waals surface area contributed by atoms with Gasteiger partial charge in [-0.1, -0.05) is 38.5 Å². The van der Waals surface area contributed by atoms with E-state index >= 15 is 0 Å². The molecule has 0 saturated heterocycles. The lowest BCUT2D eigenvalue weighted by Gasteiger charge is -2.18. The van der Waals surface area contributed by atoms with Crippen LogP contribution in [0.2, 0.25) is 0 Å². The van der Waals surface area contributed by atoms with Gasteiger partial charge in [0.2, 0.25) is 0 Å². The Morgan fingerprint density at radius 1 is 1.25 bits per heavy atom. The van der Waals surface area contributed by atoms with E-state index in [2.05, 4.69) is 15.6 Å². The van der Waals surface area contributed by atoms with Crippen LogP contribution in [0.3, 0.4) is 0 Å². The zero-order valence-electron chi connectivity index (χ0n) is 14.2. The third-order valence-corrected chi connectivity index (χ3v) is 4.15. The zero-order chi connectivity index (χ0) is 17.4. The van der Waals surface area contributed by atoms with Crippen molar-refractivity contribution in [1.82, 2.24) is 10.3 Å². The molecule has 2 unspecified atom stereocenters. The lowest BCUT2D eigenvalue weighted by atomic mass is 10.0. The molecule has 1 amide bonds. The Bertz CT molecular complexity index is 646. The number of nitrogens with one attached hydrogen (secondary N) is 2. The molecule has 0 radical (unpaired) electrons. The number of amides is 1. The van der Waals surface area contributed by atoms with Gasteiger partial charge in [-0.15, -0.1) is 0 Å². The molecule has 1 aromatic heterocycles. The molecule has 24 heavy (non-hydrogen) atoms. The molecular weight excluding hydrogens is 302 g/mol. The molecule has 5 heteroatoms. The number of aliphatic hydroxyl groups is 1. The number of benzene rings is 1. The summed E-state index contributed by atoms with van der Waals surface area (Å²) in [5.74, 6) is -0.0316. The van der Waals surface area contributed by atoms with Gasteiger partial charge in [-0.05, 0) is 29.7 Å². The SMILES string of the molecule is CCC(C)C(O)CNC(=O)c1ccccc1NCc1cccnc1. The van der Waals surface area contributed by atoms with Gasteiger partial charge in [0.05, 0.1) is 11.7 Å². The van der Waals surface area contributed by atoms with E-state index in [-0.39, 0.29) is 18.4 Å². The first-order valence-electron chi connectivity index (χ1n) is 8.30. The van der Waals surface area contributed by atoms with Gasteiger partial charge < -0.3 is 15.7 Å². The summed E-state index contributed by atoms with van der Waals surface area (Å²) in [5.41, 5.74) is 2.37. The van der Waals surface area contributed by atoms with Crippen LogP contribution in [0.4, 0.5) is 5.69 Å². The summed E-state index contributed by atoms with van der Waals surface area (Å²) in [6.07, 6.45) is 3.86. The third-order valence-electron chi connectivity index (χ3n) is 4.15. The zero-order valence-corrected chi connectivity index (χ0v) is 14.2. The van der Waals surface area contributed by atoms with Crippen molar-refractivity contribution in [2.45, 2.75) is 32.9 Å². The number of para-hydroxylation sites is 1. The highest BCUT2D eigenvalue weighted by Crippen LogP contribution is 2.16. The van der Waals surface area contributed by atoms with E-state index in [0.717, 1.165) is 17.7 Å². The highest BCUT2D eigenvalue weighted by molar-refractivity contribution is 5.99. The molecule has 1 aromatic carbocycles. The van der Waals surface area contributed by atoms with Crippen LogP contribution in [0.1, 0.15) is 36.2 Å².